The summed E-state index contributed by atoms with van der Waals surface area (Å²) in [4.78, 5) is 12.0. The van der Waals surface area contributed by atoms with Gasteiger partial charge < -0.3 is 14.8 Å². The molecule has 110 valence electrons. The van der Waals surface area contributed by atoms with Crippen LogP contribution >= 0.6 is 0 Å². The summed E-state index contributed by atoms with van der Waals surface area (Å²) in [5.41, 5.74) is 1.83. The number of hydrogen-bond donors (Lipinski definition) is 1. The highest BCUT2D eigenvalue weighted by atomic mass is 16.5. The number of benzene rings is 2. The molecule has 0 radical (unpaired) electrons. The fourth-order valence-electron chi connectivity index (χ4n) is 2.14. The number of hydrogen-bond acceptors (Lipinski definition) is 4. The van der Waals surface area contributed by atoms with Crippen molar-refractivity contribution in [2.75, 3.05) is 19.5 Å². The van der Waals surface area contributed by atoms with Crippen LogP contribution in [0.15, 0.2) is 54.6 Å². The zero-order valence-electron chi connectivity index (χ0n) is 12.2. The largest absolute Gasteiger partial charge is 0.495 e. The third-order valence-electron chi connectivity index (χ3n) is 3.21. The van der Waals surface area contributed by atoms with Gasteiger partial charge in [-0.2, -0.15) is 0 Å². The van der Waals surface area contributed by atoms with Crippen molar-refractivity contribution in [3.63, 3.8) is 0 Å². The van der Waals surface area contributed by atoms with Gasteiger partial charge in [-0.1, -0.05) is 42.5 Å². The van der Waals surface area contributed by atoms with Gasteiger partial charge in [-0.15, -0.1) is 0 Å². The third-order valence-corrected chi connectivity index (χ3v) is 3.21. The average Bonchev–Trinajstić information content (AvgIpc) is 2.55. The molecule has 21 heavy (non-hydrogen) atoms. The summed E-state index contributed by atoms with van der Waals surface area (Å²) in [6.07, 6.45) is 0.547. The molecule has 2 aromatic carbocycles. The lowest BCUT2D eigenvalue weighted by Gasteiger charge is -2.19. The maximum atomic E-state index is 12.0. The fourth-order valence-corrected chi connectivity index (χ4v) is 2.14. The predicted octanol–water partition coefficient (Wildman–Crippen LogP) is 2.89. The Labute approximate surface area is 124 Å². The van der Waals surface area contributed by atoms with E-state index in [1.807, 2.05) is 54.6 Å². The Kier molecular flexibility index (Phi) is 5.21. The highest BCUT2D eigenvalue weighted by molar-refractivity contribution is 5.80. The Bertz CT molecular complexity index is 584. The van der Waals surface area contributed by atoms with Gasteiger partial charge in [0.15, 0.2) is 0 Å². The minimum absolute atomic E-state index is 0.301. The lowest BCUT2D eigenvalue weighted by molar-refractivity contribution is -0.141. The van der Waals surface area contributed by atoms with Crippen LogP contribution in [0.1, 0.15) is 5.56 Å². The number of ether oxygens (including phenoxy) is 2. The topological polar surface area (TPSA) is 47.6 Å². The molecule has 0 aliphatic rings. The van der Waals surface area contributed by atoms with E-state index in [-0.39, 0.29) is 5.97 Å². The second kappa shape index (κ2) is 7.33. The first kappa shape index (κ1) is 14.9. The standard InChI is InChI=1S/C17H19NO3/c1-20-16-11-7-6-10-14(16)18-15(17(19)21-2)12-13-8-4-3-5-9-13/h3-11,15,18H,12H2,1-2H3/t15-/m0/s1. The molecule has 1 N–H and O–H groups in total. The molecule has 2 rings (SSSR count). The lowest BCUT2D eigenvalue weighted by atomic mass is 10.1. The van der Waals surface area contributed by atoms with Gasteiger partial charge >= 0.3 is 5.97 Å². The quantitative estimate of drug-likeness (QED) is 0.829. The van der Waals surface area contributed by atoms with E-state index in [1.165, 1.54) is 7.11 Å². The molecule has 0 fully saturated rings. The minimum atomic E-state index is -0.464. The van der Waals surface area contributed by atoms with Crippen molar-refractivity contribution in [1.29, 1.82) is 0 Å². The zero-order valence-corrected chi connectivity index (χ0v) is 12.2. The summed E-state index contributed by atoms with van der Waals surface area (Å²) in [6, 6.07) is 16.9. The van der Waals surface area contributed by atoms with Crippen LogP contribution in [0.3, 0.4) is 0 Å². The number of rotatable bonds is 6. The zero-order chi connectivity index (χ0) is 15.1. The van der Waals surface area contributed by atoms with Crippen LogP contribution in [0.25, 0.3) is 0 Å². The summed E-state index contributed by atoms with van der Waals surface area (Å²) in [6.45, 7) is 0. The van der Waals surface area contributed by atoms with Crippen LogP contribution in [-0.2, 0) is 16.0 Å². The summed E-state index contributed by atoms with van der Waals surface area (Å²) >= 11 is 0. The van der Waals surface area contributed by atoms with E-state index in [0.717, 1.165) is 11.3 Å². The molecule has 0 bridgehead atoms. The lowest BCUT2D eigenvalue weighted by Crippen LogP contribution is -2.33. The van der Waals surface area contributed by atoms with Crippen LogP contribution in [0.2, 0.25) is 0 Å². The van der Waals surface area contributed by atoms with Crippen LogP contribution in [0.4, 0.5) is 5.69 Å². The molecule has 2 aromatic rings. The maximum Gasteiger partial charge on any atom is 0.328 e. The molecular weight excluding hydrogens is 266 g/mol. The van der Waals surface area contributed by atoms with Gasteiger partial charge in [0, 0.05) is 6.42 Å². The molecule has 0 aromatic heterocycles. The number of para-hydroxylation sites is 2. The van der Waals surface area contributed by atoms with E-state index in [1.54, 1.807) is 7.11 Å². The molecule has 0 amide bonds. The van der Waals surface area contributed by atoms with Gasteiger partial charge in [-0.3, -0.25) is 0 Å². The van der Waals surface area contributed by atoms with Crippen molar-refractivity contribution in [2.45, 2.75) is 12.5 Å². The summed E-state index contributed by atoms with van der Waals surface area (Å²) in [5, 5.41) is 3.20. The number of esters is 1. The molecular formula is C17H19NO3. The van der Waals surface area contributed by atoms with E-state index in [4.69, 9.17) is 9.47 Å². The Hall–Kier alpha value is -2.49. The molecule has 1 atom stereocenters. The first-order valence-electron chi connectivity index (χ1n) is 6.76. The Morgan fingerprint density at radius 2 is 1.71 bits per heavy atom. The molecule has 0 saturated carbocycles. The van der Waals surface area contributed by atoms with Gasteiger partial charge in [-0.05, 0) is 17.7 Å². The molecule has 0 aliphatic carbocycles. The molecule has 0 unspecified atom stereocenters. The molecule has 0 heterocycles. The van der Waals surface area contributed by atoms with E-state index in [9.17, 15) is 4.79 Å². The fraction of sp³-hybridized carbons (Fsp3) is 0.235. The monoisotopic (exact) mass is 285 g/mol. The highest BCUT2D eigenvalue weighted by Crippen LogP contribution is 2.24. The second-order valence-corrected chi connectivity index (χ2v) is 4.61. The van der Waals surface area contributed by atoms with E-state index in [2.05, 4.69) is 5.32 Å². The van der Waals surface area contributed by atoms with Crippen LogP contribution in [0.5, 0.6) is 5.75 Å². The van der Waals surface area contributed by atoms with E-state index in [0.29, 0.717) is 12.2 Å². The molecule has 0 spiro atoms. The van der Waals surface area contributed by atoms with Crippen molar-refractivity contribution in [3.05, 3.63) is 60.2 Å². The Morgan fingerprint density at radius 1 is 1.05 bits per heavy atom. The number of methoxy groups -OCH3 is 2. The van der Waals surface area contributed by atoms with Gasteiger partial charge in [0.2, 0.25) is 0 Å². The van der Waals surface area contributed by atoms with Crippen LogP contribution < -0.4 is 10.1 Å². The summed E-state index contributed by atoms with van der Waals surface area (Å²) in [5.74, 6) is 0.393. The smallest absolute Gasteiger partial charge is 0.328 e. The molecule has 4 nitrogen and oxygen atoms in total. The van der Waals surface area contributed by atoms with Crippen molar-refractivity contribution in [2.24, 2.45) is 0 Å². The third kappa shape index (κ3) is 3.99. The van der Waals surface area contributed by atoms with Crippen molar-refractivity contribution in [1.82, 2.24) is 0 Å². The van der Waals surface area contributed by atoms with Crippen LogP contribution in [0, 0.1) is 0 Å². The molecule has 0 saturated heterocycles. The Balaban J connectivity index is 2.19. The number of anilines is 1. The summed E-state index contributed by atoms with van der Waals surface area (Å²) in [7, 11) is 3.00. The average molecular weight is 285 g/mol. The summed E-state index contributed by atoms with van der Waals surface area (Å²) < 4.78 is 10.2. The van der Waals surface area contributed by atoms with E-state index >= 15 is 0 Å². The van der Waals surface area contributed by atoms with Gasteiger partial charge in [-0.25, -0.2) is 4.79 Å². The highest BCUT2D eigenvalue weighted by Gasteiger charge is 2.20. The minimum Gasteiger partial charge on any atom is -0.495 e. The Morgan fingerprint density at radius 3 is 2.38 bits per heavy atom. The second-order valence-electron chi connectivity index (χ2n) is 4.61. The number of carbonyl (C=O) groups excluding carboxylic acids is 1. The first-order chi connectivity index (χ1) is 10.2. The van der Waals surface area contributed by atoms with Gasteiger partial charge in [0.25, 0.3) is 0 Å². The SMILES string of the molecule is COC(=O)[C@H](Cc1ccccc1)Nc1ccccc1OC. The molecule has 0 aliphatic heterocycles. The van der Waals surface area contributed by atoms with Crippen molar-refractivity contribution >= 4 is 11.7 Å². The number of nitrogens with one attached hydrogen (secondary N) is 1. The van der Waals surface area contributed by atoms with Crippen molar-refractivity contribution in [3.8, 4) is 5.75 Å². The normalized spacial score (nSPS) is 11.5. The van der Waals surface area contributed by atoms with Crippen molar-refractivity contribution < 1.29 is 14.3 Å². The number of carbonyl (C=O) groups is 1. The first-order valence-corrected chi connectivity index (χ1v) is 6.76. The van der Waals surface area contributed by atoms with Gasteiger partial charge in [0.05, 0.1) is 19.9 Å². The van der Waals surface area contributed by atoms with E-state index < -0.39 is 6.04 Å². The maximum absolute atomic E-state index is 12.0. The van der Waals surface area contributed by atoms with Gasteiger partial charge in [0.1, 0.15) is 11.8 Å². The molecule has 4 heteroatoms. The van der Waals surface area contributed by atoms with Crippen LogP contribution in [-0.4, -0.2) is 26.2 Å². The predicted molar refractivity (Wildman–Crippen MR) is 82.6 cm³/mol.